The van der Waals surface area contributed by atoms with Crippen LogP contribution in [0.15, 0.2) is 47.9 Å². The standard InChI is InChI=1S/C12H12N2S2/c1-9(10-3-2-5-13-8-10)16-12-7-11(15)4-6-14-12/h2-9H,1H3,(H,14,15). The summed E-state index contributed by atoms with van der Waals surface area (Å²) in [4.78, 5) is 7.31. The fourth-order valence-electron chi connectivity index (χ4n) is 1.37. The molecule has 82 valence electrons. The lowest BCUT2D eigenvalue weighted by Crippen LogP contribution is -1.90. The first-order valence-corrected chi connectivity index (χ1v) is 6.30. The molecule has 0 saturated heterocycles. The summed E-state index contributed by atoms with van der Waals surface area (Å²) < 4.78 is 0.861. The summed E-state index contributed by atoms with van der Waals surface area (Å²) >= 11 is 6.87. The van der Waals surface area contributed by atoms with Gasteiger partial charge in [0.15, 0.2) is 0 Å². The number of pyridine rings is 2. The minimum absolute atomic E-state index is 0.363. The van der Waals surface area contributed by atoms with Gasteiger partial charge in [-0.05, 0) is 30.7 Å². The van der Waals surface area contributed by atoms with Gasteiger partial charge in [0.1, 0.15) is 0 Å². The van der Waals surface area contributed by atoms with Crippen molar-refractivity contribution in [2.45, 2.75) is 17.2 Å². The number of rotatable bonds is 3. The van der Waals surface area contributed by atoms with Crippen molar-refractivity contribution >= 4 is 24.0 Å². The third-order valence-electron chi connectivity index (χ3n) is 2.20. The number of aromatic amines is 1. The molecular formula is C12H12N2S2. The van der Waals surface area contributed by atoms with Crippen molar-refractivity contribution in [3.8, 4) is 0 Å². The zero-order valence-corrected chi connectivity index (χ0v) is 10.5. The molecule has 2 aromatic heterocycles. The van der Waals surface area contributed by atoms with Gasteiger partial charge in [-0.25, -0.2) is 0 Å². The Labute approximate surface area is 104 Å². The Morgan fingerprint density at radius 3 is 3.00 bits per heavy atom. The highest BCUT2D eigenvalue weighted by Gasteiger charge is 2.07. The molecule has 1 unspecified atom stereocenters. The number of aromatic nitrogens is 2. The van der Waals surface area contributed by atoms with Gasteiger partial charge in [-0.1, -0.05) is 18.3 Å². The van der Waals surface area contributed by atoms with Gasteiger partial charge in [0.2, 0.25) is 0 Å². The normalized spacial score (nSPS) is 12.3. The Morgan fingerprint density at radius 1 is 1.44 bits per heavy atom. The van der Waals surface area contributed by atoms with Crippen LogP contribution in [0.2, 0.25) is 0 Å². The molecule has 0 spiro atoms. The molecule has 1 atom stereocenters. The Bertz CT molecular complexity index is 508. The fourth-order valence-corrected chi connectivity index (χ4v) is 2.62. The van der Waals surface area contributed by atoms with Gasteiger partial charge < -0.3 is 4.98 Å². The summed E-state index contributed by atoms with van der Waals surface area (Å²) in [7, 11) is 0. The van der Waals surface area contributed by atoms with E-state index in [2.05, 4.69) is 23.0 Å². The molecular weight excluding hydrogens is 236 g/mol. The molecule has 2 rings (SSSR count). The predicted molar refractivity (Wildman–Crippen MR) is 70.1 cm³/mol. The van der Waals surface area contributed by atoms with E-state index in [1.54, 1.807) is 18.0 Å². The molecule has 1 N–H and O–H groups in total. The van der Waals surface area contributed by atoms with Crippen LogP contribution < -0.4 is 0 Å². The van der Waals surface area contributed by atoms with Crippen molar-refractivity contribution in [1.82, 2.24) is 9.97 Å². The molecule has 0 amide bonds. The second kappa shape index (κ2) is 5.27. The van der Waals surface area contributed by atoms with E-state index >= 15 is 0 Å². The Balaban J connectivity index is 2.14. The third-order valence-corrected chi connectivity index (χ3v) is 3.57. The molecule has 2 aromatic rings. The average Bonchev–Trinajstić information content (AvgIpc) is 2.30. The minimum atomic E-state index is 0.363. The highest BCUT2D eigenvalue weighted by Crippen LogP contribution is 2.32. The molecule has 0 aromatic carbocycles. The maximum Gasteiger partial charge on any atom is 0.0741 e. The summed E-state index contributed by atoms with van der Waals surface area (Å²) in [5, 5.41) is 1.45. The Morgan fingerprint density at radius 2 is 2.31 bits per heavy atom. The Hall–Kier alpha value is -1.13. The summed E-state index contributed by atoms with van der Waals surface area (Å²) in [5.74, 6) is 0. The van der Waals surface area contributed by atoms with Crippen LogP contribution >= 0.6 is 24.0 Å². The number of hydrogen-bond donors (Lipinski definition) is 1. The van der Waals surface area contributed by atoms with Crippen LogP contribution in [0.3, 0.4) is 0 Å². The van der Waals surface area contributed by atoms with Crippen molar-refractivity contribution < 1.29 is 0 Å². The van der Waals surface area contributed by atoms with E-state index < -0.39 is 0 Å². The largest absolute Gasteiger partial charge is 0.356 e. The maximum absolute atomic E-state index is 5.12. The summed E-state index contributed by atoms with van der Waals surface area (Å²) in [5.41, 5.74) is 1.22. The first-order chi connectivity index (χ1) is 7.75. The van der Waals surface area contributed by atoms with Gasteiger partial charge >= 0.3 is 0 Å². The van der Waals surface area contributed by atoms with Crippen LogP contribution in [0.4, 0.5) is 0 Å². The zero-order chi connectivity index (χ0) is 11.4. The smallest absolute Gasteiger partial charge is 0.0741 e. The van der Waals surface area contributed by atoms with Crippen LogP contribution in [0.1, 0.15) is 17.7 Å². The number of nitrogens with zero attached hydrogens (tertiary/aromatic N) is 1. The van der Waals surface area contributed by atoms with Crippen molar-refractivity contribution in [2.75, 3.05) is 0 Å². The zero-order valence-electron chi connectivity index (χ0n) is 8.88. The van der Waals surface area contributed by atoms with Crippen LogP contribution in [-0.4, -0.2) is 9.97 Å². The van der Waals surface area contributed by atoms with E-state index in [-0.39, 0.29) is 0 Å². The molecule has 2 heterocycles. The molecule has 0 saturated carbocycles. The van der Waals surface area contributed by atoms with E-state index in [1.165, 1.54) is 5.56 Å². The van der Waals surface area contributed by atoms with E-state index in [0.717, 1.165) is 9.54 Å². The molecule has 0 aliphatic rings. The Kier molecular flexibility index (Phi) is 3.74. The molecule has 2 nitrogen and oxygen atoms in total. The molecule has 0 radical (unpaired) electrons. The number of hydrogen-bond acceptors (Lipinski definition) is 3. The summed E-state index contributed by atoms with van der Waals surface area (Å²) in [6.07, 6.45) is 5.56. The van der Waals surface area contributed by atoms with Gasteiger partial charge in [-0.2, -0.15) is 0 Å². The van der Waals surface area contributed by atoms with Gasteiger partial charge in [-0.3, -0.25) is 4.98 Å². The second-order valence-corrected chi connectivity index (χ2v) is 5.29. The highest BCUT2D eigenvalue weighted by atomic mass is 32.2. The lowest BCUT2D eigenvalue weighted by Gasteiger charge is -2.10. The van der Waals surface area contributed by atoms with Gasteiger partial charge in [0.05, 0.1) is 5.03 Å². The number of nitrogens with one attached hydrogen (secondary N) is 1. The summed E-state index contributed by atoms with van der Waals surface area (Å²) in [6, 6.07) is 7.91. The molecule has 0 fully saturated rings. The van der Waals surface area contributed by atoms with Gasteiger partial charge in [-0.15, -0.1) is 11.8 Å². The highest BCUT2D eigenvalue weighted by molar-refractivity contribution is 7.99. The molecule has 16 heavy (non-hydrogen) atoms. The quantitative estimate of drug-likeness (QED) is 0.657. The molecule has 4 heteroatoms. The number of H-pyrrole nitrogens is 1. The summed E-state index contributed by atoms with van der Waals surface area (Å²) in [6.45, 7) is 2.16. The van der Waals surface area contributed by atoms with Crippen LogP contribution in [0.25, 0.3) is 0 Å². The van der Waals surface area contributed by atoms with E-state index in [1.807, 2.05) is 30.6 Å². The van der Waals surface area contributed by atoms with Crippen molar-refractivity contribution in [2.24, 2.45) is 0 Å². The maximum atomic E-state index is 5.12. The number of thioether (sulfide) groups is 1. The lowest BCUT2D eigenvalue weighted by molar-refractivity contribution is 1.04. The van der Waals surface area contributed by atoms with E-state index in [9.17, 15) is 0 Å². The molecule has 0 bridgehead atoms. The van der Waals surface area contributed by atoms with E-state index in [0.29, 0.717) is 5.25 Å². The first-order valence-electron chi connectivity index (χ1n) is 5.01. The lowest BCUT2D eigenvalue weighted by atomic mass is 10.2. The second-order valence-electron chi connectivity index (χ2n) is 3.44. The molecule has 0 aliphatic carbocycles. The van der Waals surface area contributed by atoms with Crippen molar-refractivity contribution in [3.05, 3.63) is 52.9 Å². The van der Waals surface area contributed by atoms with Crippen LogP contribution in [-0.2, 0) is 0 Å². The third kappa shape index (κ3) is 2.93. The first kappa shape index (κ1) is 11.4. The van der Waals surface area contributed by atoms with Gasteiger partial charge in [0, 0.05) is 28.4 Å². The van der Waals surface area contributed by atoms with E-state index in [4.69, 9.17) is 12.2 Å². The van der Waals surface area contributed by atoms with Crippen molar-refractivity contribution in [3.63, 3.8) is 0 Å². The van der Waals surface area contributed by atoms with Crippen molar-refractivity contribution in [1.29, 1.82) is 0 Å². The molecule has 0 aliphatic heterocycles. The topological polar surface area (TPSA) is 28.7 Å². The SMILES string of the molecule is CC(Sc1cc(=S)cc[nH]1)c1cccnc1. The minimum Gasteiger partial charge on any atom is -0.356 e. The predicted octanol–water partition coefficient (Wildman–Crippen LogP) is 3.99. The monoisotopic (exact) mass is 248 g/mol. The average molecular weight is 248 g/mol. The van der Waals surface area contributed by atoms with Crippen LogP contribution in [0.5, 0.6) is 0 Å². The van der Waals surface area contributed by atoms with Crippen LogP contribution in [0, 0.1) is 4.51 Å². The van der Waals surface area contributed by atoms with Gasteiger partial charge in [0.25, 0.3) is 0 Å². The fraction of sp³-hybridized carbons (Fsp3) is 0.167.